The van der Waals surface area contributed by atoms with Crippen LogP contribution in [0.5, 0.6) is 0 Å². The summed E-state index contributed by atoms with van der Waals surface area (Å²) in [5.74, 6) is 0. The first-order chi connectivity index (χ1) is 9.38. The van der Waals surface area contributed by atoms with Crippen LogP contribution in [-0.2, 0) is 19.6 Å². The number of hydrogen-bond acceptors (Lipinski definition) is 2. The van der Waals surface area contributed by atoms with Crippen molar-refractivity contribution in [2.75, 3.05) is 0 Å². The molecule has 0 unspecified atom stereocenters. The molecule has 2 N–H and O–H groups in total. The Morgan fingerprint density at radius 2 is 2.05 bits per heavy atom. The molecule has 0 atom stereocenters. The average Bonchev–Trinajstić information content (AvgIpc) is 3.08. The lowest BCUT2D eigenvalue weighted by molar-refractivity contribution is 0.573. The van der Waals surface area contributed by atoms with Crippen LogP contribution in [0.4, 0.5) is 0 Å². The predicted molar refractivity (Wildman–Crippen MR) is 76.7 cm³/mol. The summed E-state index contributed by atoms with van der Waals surface area (Å²) in [5, 5.41) is 1.27. The summed E-state index contributed by atoms with van der Waals surface area (Å²) in [4.78, 5) is 4.05. The van der Waals surface area contributed by atoms with Crippen molar-refractivity contribution in [3.8, 4) is 0 Å². The minimum Gasteiger partial charge on any atom is -0.347 e. The lowest BCUT2D eigenvalue weighted by Crippen LogP contribution is -2.02. The maximum Gasteiger partial charge on any atom is 0.0945 e. The van der Waals surface area contributed by atoms with Gasteiger partial charge in [-0.25, -0.2) is 4.98 Å². The second kappa shape index (κ2) is 5.28. The summed E-state index contributed by atoms with van der Waals surface area (Å²) in [6, 6.07) is 8.50. The third-order valence-corrected chi connectivity index (χ3v) is 3.50. The molecular formula is C15H18N4. The van der Waals surface area contributed by atoms with Crippen LogP contribution in [0, 0.1) is 0 Å². The van der Waals surface area contributed by atoms with Crippen LogP contribution in [0.2, 0.25) is 0 Å². The van der Waals surface area contributed by atoms with Gasteiger partial charge >= 0.3 is 0 Å². The molecule has 98 valence electrons. The number of aryl methyl sites for hydroxylation is 2. The van der Waals surface area contributed by atoms with Crippen molar-refractivity contribution in [1.82, 2.24) is 14.1 Å². The Morgan fingerprint density at radius 3 is 2.84 bits per heavy atom. The monoisotopic (exact) mass is 254 g/mol. The van der Waals surface area contributed by atoms with Crippen molar-refractivity contribution < 1.29 is 0 Å². The van der Waals surface area contributed by atoms with E-state index in [9.17, 15) is 0 Å². The molecule has 2 heterocycles. The Balaban J connectivity index is 1.74. The molecule has 3 aromatic rings. The van der Waals surface area contributed by atoms with Gasteiger partial charge in [0, 0.05) is 49.1 Å². The van der Waals surface area contributed by atoms with E-state index < -0.39 is 0 Å². The smallest absolute Gasteiger partial charge is 0.0945 e. The van der Waals surface area contributed by atoms with Gasteiger partial charge in [-0.2, -0.15) is 0 Å². The zero-order valence-electron chi connectivity index (χ0n) is 10.9. The van der Waals surface area contributed by atoms with Gasteiger partial charge in [-0.1, -0.05) is 12.1 Å². The number of aromatic nitrogens is 3. The molecule has 0 aliphatic heterocycles. The molecule has 19 heavy (non-hydrogen) atoms. The number of nitrogens with two attached hydrogens (primary N) is 1. The van der Waals surface area contributed by atoms with Crippen molar-refractivity contribution in [2.24, 2.45) is 5.73 Å². The van der Waals surface area contributed by atoms with E-state index in [1.807, 2.05) is 18.7 Å². The summed E-state index contributed by atoms with van der Waals surface area (Å²) >= 11 is 0. The van der Waals surface area contributed by atoms with Crippen molar-refractivity contribution >= 4 is 10.9 Å². The minimum absolute atomic E-state index is 0.594. The number of hydrogen-bond donors (Lipinski definition) is 1. The van der Waals surface area contributed by atoms with E-state index in [1.165, 1.54) is 16.5 Å². The Hall–Kier alpha value is -2.07. The molecule has 2 aromatic heterocycles. The van der Waals surface area contributed by atoms with E-state index in [0.717, 1.165) is 19.5 Å². The maximum absolute atomic E-state index is 5.77. The molecule has 3 rings (SSSR count). The molecule has 0 amide bonds. The molecule has 4 heteroatoms. The van der Waals surface area contributed by atoms with Gasteiger partial charge in [0.15, 0.2) is 0 Å². The highest BCUT2D eigenvalue weighted by molar-refractivity contribution is 5.83. The minimum atomic E-state index is 0.594. The maximum atomic E-state index is 5.77. The fourth-order valence-electron chi connectivity index (χ4n) is 2.50. The third-order valence-electron chi connectivity index (χ3n) is 3.50. The summed E-state index contributed by atoms with van der Waals surface area (Å²) in [6.45, 7) is 2.60. The molecule has 0 fully saturated rings. The van der Waals surface area contributed by atoms with Gasteiger partial charge in [0.2, 0.25) is 0 Å². The van der Waals surface area contributed by atoms with Gasteiger partial charge < -0.3 is 14.9 Å². The Kier molecular flexibility index (Phi) is 3.33. The van der Waals surface area contributed by atoms with Gasteiger partial charge in [-0.15, -0.1) is 0 Å². The standard InChI is InChI=1S/C15H18N4/c16-11-13-3-1-4-15-14(13)5-9-19(15)8-2-7-18-10-6-17-12-18/h1,3-6,9-10,12H,2,7-8,11,16H2. The Labute approximate surface area is 112 Å². The average molecular weight is 254 g/mol. The van der Waals surface area contributed by atoms with Crippen molar-refractivity contribution in [3.05, 3.63) is 54.7 Å². The summed E-state index contributed by atoms with van der Waals surface area (Å²) in [5.41, 5.74) is 8.26. The SMILES string of the molecule is NCc1cccc2c1ccn2CCCn1ccnc1. The number of imidazole rings is 1. The van der Waals surface area contributed by atoms with E-state index in [-0.39, 0.29) is 0 Å². The van der Waals surface area contributed by atoms with Crippen molar-refractivity contribution in [3.63, 3.8) is 0 Å². The van der Waals surface area contributed by atoms with Crippen LogP contribution in [0.3, 0.4) is 0 Å². The summed E-state index contributed by atoms with van der Waals surface area (Å²) < 4.78 is 4.41. The quantitative estimate of drug-likeness (QED) is 0.760. The van der Waals surface area contributed by atoms with E-state index in [1.54, 1.807) is 0 Å². The van der Waals surface area contributed by atoms with Crippen LogP contribution in [-0.4, -0.2) is 14.1 Å². The molecule has 0 bridgehead atoms. The first-order valence-corrected chi connectivity index (χ1v) is 6.61. The summed E-state index contributed by atoms with van der Waals surface area (Å²) in [7, 11) is 0. The van der Waals surface area contributed by atoms with Gasteiger partial charge in [0.25, 0.3) is 0 Å². The first kappa shape index (κ1) is 12.0. The second-order valence-electron chi connectivity index (χ2n) is 4.72. The zero-order valence-corrected chi connectivity index (χ0v) is 10.9. The molecule has 0 aliphatic rings. The van der Waals surface area contributed by atoms with E-state index >= 15 is 0 Å². The lowest BCUT2D eigenvalue weighted by atomic mass is 10.1. The van der Waals surface area contributed by atoms with Crippen LogP contribution in [0.25, 0.3) is 10.9 Å². The highest BCUT2D eigenvalue weighted by atomic mass is 15.0. The number of fused-ring (bicyclic) bond motifs is 1. The lowest BCUT2D eigenvalue weighted by Gasteiger charge is -2.07. The Bertz CT molecular complexity index is 652. The van der Waals surface area contributed by atoms with Gasteiger partial charge in [0.05, 0.1) is 6.33 Å². The predicted octanol–water partition coefficient (Wildman–Crippen LogP) is 2.39. The normalized spacial score (nSPS) is 11.2. The van der Waals surface area contributed by atoms with Crippen molar-refractivity contribution in [2.45, 2.75) is 26.1 Å². The highest BCUT2D eigenvalue weighted by Gasteiger charge is 2.04. The Morgan fingerprint density at radius 1 is 1.11 bits per heavy atom. The second-order valence-corrected chi connectivity index (χ2v) is 4.72. The van der Waals surface area contributed by atoms with E-state index in [4.69, 9.17) is 5.73 Å². The van der Waals surface area contributed by atoms with Gasteiger partial charge in [0.1, 0.15) is 0 Å². The first-order valence-electron chi connectivity index (χ1n) is 6.61. The molecule has 0 saturated carbocycles. The molecule has 0 aliphatic carbocycles. The summed E-state index contributed by atoms with van der Waals surface area (Å²) in [6.07, 6.45) is 8.92. The van der Waals surface area contributed by atoms with Crippen LogP contribution in [0.1, 0.15) is 12.0 Å². The molecule has 1 aromatic carbocycles. The van der Waals surface area contributed by atoms with E-state index in [0.29, 0.717) is 6.54 Å². The van der Waals surface area contributed by atoms with Crippen LogP contribution < -0.4 is 5.73 Å². The highest BCUT2D eigenvalue weighted by Crippen LogP contribution is 2.20. The fraction of sp³-hybridized carbons (Fsp3) is 0.267. The molecule has 0 saturated heterocycles. The van der Waals surface area contributed by atoms with Crippen LogP contribution in [0.15, 0.2) is 49.2 Å². The molecule has 0 spiro atoms. The van der Waals surface area contributed by atoms with Crippen molar-refractivity contribution in [1.29, 1.82) is 0 Å². The van der Waals surface area contributed by atoms with Crippen LogP contribution >= 0.6 is 0 Å². The fourth-order valence-corrected chi connectivity index (χ4v) is 2.50. The number of rotatable bonds is 5. The number of nitrogens with zero attached hydrogens (tertiary/aromatic N) is 3. The molecule has 0 radical (unpaired) electrons. The molecule has 4 nitrogen and oxygen atoms in total. The topological polar surface area (TPSA) is 48.8 Å². The van der Waals surface area contributed by atoms with E-state index in [2.05, 4.69) is 44.6 Å². The third kappa shape index (κ3) is 2.39. The zero-order chi connectivity index (χ0) is 13.1. The number of benzene rings is 1. The van der Waals surface area contributed by atoms with Gasteiger partial charge in [-0.3, -0.25) is 0 Å². The molecular weight excluding hydrogens is 236 g/mol. The largest absolute Gasteiger partial charge is 0.347 e. The van der Waals surface area contributed by atoms with Gasteiger partial charge in [-0.05, 0) is 24.1 Å².